The van der Waals surface area contributed by atoms with Crippen molar-refractivity contribution in [3.63, 3.8) is 0 Å². The Morgan fingerprint density at radius 1 is 1.47 bits per heavy atom. The summed E-state index contributed by atoms with van der Waals surface area (Å²) in [6.45, 7) is 7.02. The van der Waals surface area contributed by atoms with Crippen molar-refractivity contribution in [2.45, 2.75) is 38.5 Å². The number of aromatic nitrogens is 1. The van der Waals surface area contributed by atoms with Crippen molar-refractivity contribution < 1.29 is 4.74 Å². The Labute approximate surface area is 115 Å². The molecule has 4 heteroatoms. The van der Waals surface area contributed by atoms with Crippen molar-refractivity contribution in [3.05, 3.63) is 29.6 Å². The van der Waals surface area contributed by atoms with Crippen LogP contribution in [0.1, 0.15) is 24.2 Å². The summed E-state index contributed by atoms with van der Waals surface area (Å²) < 4.78 is 5.93. The van der Waals surface area contributed by atoms with Gasteiger partial charge in [-0.05, 0) is 38.4 Å². The summed E-state index contributed by atoms with van der Waals surface area (Å²) in [6.07, 6.45) is 2.98. The number of rotatable bonds is 4. The molecule has 104 valence electrons. The predicted molar refractivity (Wildman–Crippen MR) is 75.0 cm³/mol. The van der Waals surface area contributed by atoms with Gasteiger partial charge in [0.2, 0.25) is 0 Å². The van der Waals surface area contributed by atoms with Crippen molar-refractivity contribution >= 4 is 0 Å². The number of hydrogen-bond donors (Lipinski definition) is 1. The zero-order valence-corrected chi connectivity index (χ0v) is 11.6. The highest BCUT2D eigenvalue weighted by Gasteiger charge is 2.31. The number of ether oxygens (including phenoxy) is 1. The highest BCUT2D eigenvalue weighted by molar-refractivity contribution is 5.09. The summed E-state index contributed by atoms with van der Waals surface area (Å²) in [5.41, 5.74) is 2.18. The third kappa shape index (κ3) is 3.32. The van der Waals surface area contributed by atoms with Gasteiger partial charge in [0, 0.05) is 31.4 Å². The van der Waals surface area contributed by atoms with Gasteiger partial charge in [0.05, 0.1) is 18.4 Å². The second-order valence-corrected chi connectivity index (χ2v) is 5.65. The lowest BCUT2D eigenvalue weighted by atomic mass is 10.2. The number of fused-ring (bicyclic) bond motifs is 1. The van der Waals surface area contributed by atoms with Gasteiger partial charge in [-0.3, -0.25) is 9.88 Å². The fourth-order valence-corrected chi connectivity index (χ4v) is 3.07. The van der Waals surface area contributed by atoms with Crippen LogP contribution in [0.3, 0.4) is 0 Å². The molecule has 0 aromatic carbocycles. The van der Waals surface area contributed by atoms with Crippen LogP contribution >= 0.6 is 0 Å². The van der Waals surface area contributed by atoms with E-state index < -0.39 is 0 Å². The van der Waals surface area contributed by atoms with Gasteiger partial charge in [-0.25, -0.2) is 0 Å². The van der Waals surface area contributed by atoms with Gasteiger partial charge < -0.3 is 10.1 Å². The maximum absolute atomic E-state index is 5.93. The van der Waals surface area contributed by atoms with Crippen LogP contribution in [0.4, 0.5) is 0 Å². The van der Waals surface area contributed by atoms with Gasteiger partial charge in [0.25, 0.3) is 0 Å². The number of aryl methyl sites for hydroxylation is 1. The van der Waals surface area contributed by atoms with Crippen LogP contribution < -0.4 is 5.32 Å². The van der Waals surface area contributed by atoms with E-state index >= 15 is 0 Å². The van der Waals surface area contributed by atoms with Crippen LogP contribution in [0.5, 0.6) is 0 Å². The Balaban J connectivity index is 1.43. The highest BCUT2D eigenvalue weighted by Crippen LogP contribution is 2.22. The first-order valence-corrected chi connectivity index (χ1v) is 7.30. The van der Waals surface area contributed by atoms with Gasteiger partial charge in [-0.1, -0.05) is 6.07 Å². The highest BCUT2D eigenvalue weighted by atomic mass is 16.5. The van der Waals surface area contributed by atoms with Gasteiger partial charge in [-0.15, -0.1) is 0 Å². The summed E-state index contributed by atoms with van der Waals surface area (Å²) in [5, 5.41) is 3.46. The monoisotopic (exact) mass is 261 g/mol. The Morgan fingerprint density at radius 3 is 3.32 bits per heavy atom. The van der Waals surface area contributed by atoms with Gasteiger partial charge in [0.1, 0.15) is 0 Å². The van der Waals surface area contributed by atoms with Crippen molar-refractivity contribution in [1.82, 2.24) is 15.2 Å². The topological polar surface area (TPSA) is 37.4 Å². The fraction of sp³-hybridized carbons (Fsp3) is 0.667. The third-order valence-corrected chi connectivity index (χ3v) is 4.09. The molecule has 2 aliphatic rings. The maximum Gasteiger partial charge on any atom is 0.0827 e. The van der Waals surface area contributed by atoms with E-state index in [2.05, 4.69) is 27.3 Å². The quantitative estimate of drug-likeness (QED) is 0.887. The molecule has 0 radical (unpaired) electrons. The van der Waals surface area contributed by atoms with Crippen molar-refractivity contribution in [1.29, 1.82) is 0 Å². The lowest BCUT2D eigenvalue weighted by Crippen LogP contribution is -2.49. The summed E-state index contributed by atoms with van der Waals surface area (Å²) >= 11 is 0. The molecule has 0 amide bonds. The summed E-state index contributed by atoms with van der Waals surface area (Å²) in [5.74, 6) is 0. The smallest absolute Gasteiger partial charge is 0.0827 e. The molecule has 3 heterocycles. The van der Waals surface area contributed by atoms with E-state index in [1.54, 1.807) is 0 Å². The summed E-state index contributed by atoms with van der Waals surface area (Å²) in [7, 11) is 0. The zero-order valence-electron chi connectivity index (χ0n) is 11.6. The van der Waals surface area contributed by atoms with Crippen LogP contribution in [-0.4, -0.2) is 48.3 Å². The molecule has 2 unspecified atom stereocenters. The van der Waals surface area contributed by atoms with Crippen molar-refractivity contribution in [2.75, 3.05) is 26.2 Å². The first kappa shape index (κ1) is 13.0. The summed E-state index contributed by atoms with van der Waals surface area (Å²) in [6, 6.07) is 6.85. The minimum Gasteiger partial charge on any atom is -0.374 e. The second-order valence-electron chi connectivity index (χ2n) is 5.65. The molecule has 3 rings (SSSR count). The van der Waals surface area contributed by atoms with E-state index in [1.165, 1.54) is 19.4 Å². The minimum atomic E-state index is 0.333. The van der Waals surface area contributed by atoms with Crippen LogP contribution in [0, 0.1) is 6.92 Å². The molecule has 1 N–H and O–H groups in total. The molecule has 4 nitrogen and oxygen atoms in total. The van der Waals surface area contributed by atoms with E-state index in [9.17, 15) is 0 Å². The Hall–Kier alpha value is -0.970. The van der Waals surface area contributed by atoms with Crippen LogP contribution in [0.2, 0.25) is 0 Å². The van der Waals surface area contributed by atoms with Crippen molar-refractivity contribution in [3.8, 4) is 0 Å². The first-order valence-electron chi connectivity index (χ1n) is 7.30. The fourth-order valence-electron chi connectivity index (χ4n) is 3.07. The van der Waals surface area contributed by atoms with Gasteiger partial charge in [-0.2, -0.15) is 0 Å². The molecule has 2 saturated heterocycles. The number of hydrogen-bond acceptors (Lipinski definition) is 4. The predicted octanol–water partition coefficient (Wildman–Crippen LogP) is 1.34. The standard InChI is InChI=1S/C15H23N3O/c1-12-4-2-5-13(17-12)8-16-9-15-10-18-7-3-6-14(18)11-19-15/h2,4-5,14-16H,3,6-11H2,1H3. The van der Waals surface area contributed by atoms with Gasteiger partial charge >= 0.3 is 0 Å². The normalized spacial score (nSPS) is 27.4. The third-order valence-electron chi connectivity index (χ3n) is 4.09. The van der Waals surface area contributed by atoms with Crippen LogP contribution in [0.15, 0.2) is 18.2 Å². The molecule has 2 aliphatic heterocycles. The number of pyridine rings is 1. The van der Waals surface area contributed by atoms with E-state index in [4.69, 9.17) is 4.74 Å². The number of nitrogens with one attached hydrogen (secondary N) is 1. The molecule has 1 aromatic heterocycles. The average Bonchev–Trinajstić information content (AvgIpc) is 2.86. The SMILES string of the molecule is Cc1cccc(CNCC2CN3CCCC3CO2)n1. The molecule has 19 heavy (non-hydrogen) atoms. The zero-order chi connectivity index (χ0) is 13.1. The van der Waals surface area contributed by atoms with Crippen molar-refractivity contribution in [2.24, 2.45) is 0 Å². The lowest BCUT2D eigenvalue weighted by Gasteiger charge is -2.35. The van der Waals surface area contributed by atoms with Gasteiger partial charge in [0.15, 0.2) is 0 Å². The molecule has 0 aliphatic carbocycles. The molecule has 0 bridgehead atoms. The van der Waals surface area contributed by atoms with E-state index in [-0.39, 0.29) is 0 Å². The molecule has 0 saturated carbocycles. The van der Waals surface area contributed by atoms with Crippen LogP contribution in [-0.2, 0) is 11.3 Å². The van der Waals surface area contributed by atoms with E-state index in [0.29, 0.717) is 12.1 Å². The minimum absolute atomic E-state index is 0.333. The molecular formula is C15H23N3O. The Morgan fingerprint density at radius 2 is 2.42 bits per heavy atom. The molecule has 2 atom stereocenters. The largest absolute Gasteiger partial charge is 0.374 e. The number of nitrogens with zero attached hydrogens (tertiary/aromatic N) is 2. The molecule has 1 aromatic rings. The first-order chi connectivity index (χ1) is 9.31. The average molecular weight is 261 g/mol. The molecule has 2 fully saturated rings. The lowest BCUT2D eigenvalue weighted by molar-refractivity contribution is -0.0470. The number of morpholine rings is 1. The second kappa shape index (κ2) is 5.99. The molecular weight excluding hydrogens is 238 g/mol. The maximum atomic E-state index is 5.93. The van der Waals surface area contributed by atoms with E-state index in [1.807, 2.05) is 13.0 Å². The Bertz CT molecular complexity index is 424. The Kier molecular flexibility index (Phi) is 4.11. The molecule has 0 spiro atoms. The van der Waals surface area contributed by atoms with E-state index in [0.717, 1.165) is 37.6 Å². The summed E-state index contributed by atoms with van der Waals surface area (Å²) in [4.78, 5) is 7.08. The van der Waals surface area contributed by atoms with Crippen LogP contribution in [0.25, 0.3) is 0 Å².